The summed E-state index contributed by atoms with van der Waals surface area (Å²) < 4.78 is 5.69. The van der Waals surface area contributed by atoms with Crippen molar-refractivity contribution in [3.63, 3.8) is 0 Å². The lowest BCUT2D eigenvalue weighted by molar-refractivity contribution is 0.0983. The quantitative estimate of drug-likeness (QED) is 0.445. The molecule has 2 aromatic rings. The first kappa shape index (κ1) is 15.6. The van der Waals surface area contributed by atoms with Crippen molar-refractivity contribution in [2.75, 3.05) is 18.8 Å². The topological polar surface area (TPSA) is 38.3 Å². The Kier molecular flexibility index (Phi) is 6.31. The van der Waals surface area contributed by atoms with Crippen molar-refractivity contribution < 1.29 is 9.53 Å². The van der Waals surface area contributed by atoms with Crippen LogP contribution in [0.15, 0.2) is 54.6 Å². The number of nitrogens with one attached hydrogen (secondary N) is 1. The Labute approximate surface area is 130 Å². The highest BCUT2D eigenvalue weighted by molar-refractivity contribution is 7.80. The summed E-state index contributed by atoms with van der Waals surface area (Å²) in [7, 11) is 0. The smallest absolute Gasteiger partial charge is 0.164 e. The molecular formula is C17H19NO2S. The van der Waals surface area contributed by atoms with Crippen molar-refractivity contribution in [2.45, 2.75) is 6.42 Å². The Bertz CT molecular complexity index is 555. The fraction of sp³-hybridized carbons (Fsp3) is 0.235. The maximum absolute atomic E-state index is 12.0. The summed E-state index contributed by atoms with van der Waals surface area (Å²) in [5, 5.41) is 3.16. The van der Waals surface area contributed by atoms with E-state index in [0.717, 1.165) is 23.8 Å². The van der Waals surface area contributed by atoms with Gasteiger partial charge in [0.2, 0.25) is 0 Å². The van der Waals surface area contributed by atoms with Crippen molar-refractivity contribution in [3.05, 3.63) is 60.2 Å². The summed E-state index contributed by atoms with van der Waals surface area (Å²) in [6.45, 7) is 1.50. The molecule has 110 valence electrons. The van der Waals surface area contributed by atoms with Gasteiger partial charge in [-0.1, -0.05) is 18.2 Å². The molecule has 4 heteroatoms. The second kappa shape index (κ2) is 8.49. The number of para-hydroxylation sites is 1. The van der Waals surface area contributed by atoms with Crippen molar-refractivity contribution >= 4 is 18.4 Å². The lowest BCUT2D eigenvalue weighted by atomic mass is 10.1. The van der Waals surface area contributed by atoms with Crippen LogP contribution in [0.1, 0.15) is 16.8 Å². The van der Waals surface area contributed by atoms with Gasteiger partial charge in [-0.05, 0) is 36.4 Å². The summed E-state index contributed by atoms with van der Waals surface area (Å²) in [5.74, 6) is 2.42. The SMILES string of the molecule is O=C(CCNCCS)c1ccc(Oc2ccccc2)cc1. The highest BCUT2D eigenvalue weighted by Gasteiger charge is 2.05. The van der Waals surface area contributed by atoms with E-state index in [9.17, 15) is 4.79 Å². The molecule has 3 nitrogen and oxygen atoms in total. The number of benzene rings is 2. The summed E-state index contributed by atoms with van der Waals surface area (Å²) in [6.07, 6.45) is 0.493. The molecule has 1 N–H and O–H groups in total. The van der Waals surface area contributed by atoms with Gasteiger partial charge in [0.1, 0.15) is 11.5 Å². The van der Waals surface area contributed by atoms with Crippen LogP contribution in [-0.4, -0.2) is 24.6 Å². The molecule has 0 aliphatic heterocycles. The second-order valence-corrected chi connectivity index (χ2v) is 5.03. The van der Waals surface area contributed by atoms with E-state index in [1.165, 1.54) is 0 Å². The zero-order valence-electron chi connectivity index (χ0n) is 11.8. The van der Waals surface area contributed by atoms with Crippen LogP contribution in [0.5, 0.6) is 11.5 Å². The van der Waals surface area contributed by atoms with E-state index >= 15 is 0 Å². The van der Waals surface area contributed by atoms with Gasteiger partial charge in [0.15, 0.2) is 5.78 Å². The maximum Gasteiger partial charge on any atom is 0.164 e. The van der Waals surface area contributed by atoms with E-state index in [0.29, 0.717) is 18.5 Å². The van der Waals surface area contributed by atoms with E-state index in [2.05, 4.69) is 17.9 Å². The molecule has 21 heavy (non-hydrogen) atoms. The Morgan fingerprint density at radius 1 is 0.952 bits per heavy atom. The molecule has 0 saturated heterocycles. The predicted octanol–water partition coefficient (Wildman–Crippen LogP) is 3.57. The second-order valence-electron chi connectivity index (χ2n) is 4.59. The minimum absolute atomic E-state index is 0.132. The van der Waals surface area contributed by atoms with Gasteiger partial charge in [0.05, 0.1) is 0 Å². The third kappa shape index (κ3) is 5.25. The van der Waals surface area contributed by atoms with E-state index in [1.807, 2.05) is 42.5 Å². The number of carbonyl (C=O) groups is 1. The van der Waals surface area contributed by atoms with Crippen LogP contribution in [0.4, 0.5) is 0 Å². The van der Waals surface area contributed by atoms with Gasteiger partial charge >= 0.3 is 0 Å². The minimum Gasteiger partial charge on any atom is -0.457 e. The van der Waals surface area contributed by atoms with Crippen LogP contribution in [-0.2, 0) is 0 Å². The molecule has 0 spiro atoms. The largest absolute Gasteiger partial charge is 0.457 e. The van der Waals surface area contributed by atoms with Crippen LogP contribution < -0.4 is 10.1 Å². The Morgan fingerprint density at radius 3 is 2.29 bits per heavy atom. The summed E-state index contributed by atoms with van der Waals surface area (Å²) in [6, 6.07) is 16.8. The molecule has 0 fully saturated rings. The molecule has 0 aromatic heterocycles. The van der Waals surface area contributed by atoms with Crippen molar-refractivity contribution in [1.82, 2.24) is 5.32 Å². The summed E-state index contributed by atoms with van der Waals surface area (Å²) >= 11 is 4.11. The minimum atomic E-state index is 0.132. The molecule has 0 bridgehead atoms. The zero-order chi connectivity index (χ0) is 14.9. The van der Waals surface area contributed by atoms with Crippen LogP contribution >= 0.6 is 12.6 Å². The standard InChI is InChI=1S/C17H19NO2S/c19-17(10-11-18-12-13-21)14-6-8-16(9-7-14)20-15-4-2-1-3-5-15/h1-9,18,21H,10-13H2. The van der Waals surface area contributed by atoms with Gasteiger partial charge in [0, 0.05) is 30.8 Å². The highest BCUT2D eigenvalue weighted by atomic mass is 32.1. The average Bonchev–Trinajstić information content (AvgIpc) is 2.53. The average molecular weight is 301 g/mol. The van der Waals surface area contributed by atoms with Gasteiger partial charge < -0.3 is 10.1 Å². The molecule has 0 radical (unpaired) electrons. The lowest BCUT2D eigenvalue weighted by Gasteiger charge is -2.06. The third-order valence-electron chi connectivity index (χ3n) is 2.97. The summed E-state index contributed by atoms with van der Waals surface area (Å²) in [5.41, 5.74) is 0.711. The van der Waals surface area contributed by atoms with Gasteiger partial charge in [-0.15, -0.1) is 0 Å². The van der Waals surface area contributed by atoms with Gasteiger partial charge in [0.25, 0.3) is 0 Å². The van der Waals surface area contributed by atoms with E-state index < -0.39 is 0 Å². The first-order valence-electron chi connectivity index (χ1n) is 6.97. The Hall–Kier alpha value is -1.78. The molecule has 0 amide bonds. The van der Waals surface area contributed by atoms with Gasteiger partial charge in [-0.3, -0.25) is 4.79 Å². The third-order valence-corrected chi connectivity index (χ3v) is 3.20. The number of carbonyl (C=O) groups excluding carboxylic acids is 1. The maximum atomic E-state index is 12.0. The number of rotatable bonds is 8. The Morgan fingerprint density at radius 2 is 1.62 bits per heavy atom. The summed E-state index contributed by atoms with van der Waals surface area (Å²) in [4.78, 5) is 12.0. The van der Waals surface area contributed by atoms with Crippen molar-refractivity contribution in [3.8, 4) is 11.5 Å². The monoisotopic (exact) mass is 301 g/mol. The number of hydrogen-bond acceptors (Lipinski definition) is 4. The molecule has 0 atom stereocenters. The number of thiol groups is 1. The van der Waals surface area contributed by atoms with E-state index in [-0.39, 0.29) is 5.78 Å². The number of hydrogen-bond donors (Lipinski definition) is 2. The van der Waals surface area contributed by atoms with Crippen LogP contribution in [0.25, 0.3) is 0 Å². The first-order valence-corrected chi connectivity index (χ1v) is 7.60. The zero-order valence-corrected chi connectivity index (χ0v) is 12.7. The van der Waals surface area contributed by atoms with Gasteiger partial charge in [-0.2, -0.15) is 12.6 Å². The van der Waals surface area contributed by atoms with Crippen molar-refractivity contribution in [2.24, 2.45) is 0 Å². The van der Waals surface area contributed by atoms with Crippen molar-refractivity contribution in [1.29, 1.82) is 0 Å². The first-order chi connectivity index (χ1) is 10.3. The predicted molar refractivity (Wildman–Crippen MR) is 88.6 cm³/mol. The van der Waals surface area contributed by atoms with Crippen LogP contribution in [0, 0.1) is 0 Å². The fourth-order valence-electron chi connectivity index (χ4n) is 1.88. The normalized spacial score (nSPS) is 10.3. The Balaban J connectivity index is 1.88. The number of ether oxygens (including phenoxy) is 1. The molecule has 0 aliphatic rings. The molecular weight excluding hydrogens is 282 g/mol. The molecule has 0 saturated carbocycles. The molecule has 2 aromatic carbocycles. The lowest BCUT2D eigenvalue weighted by Crippen LogP contribution is -2.20. The molecule has 0 unspecified atom stereocenters. The van der Waals surface area contributed by atoms with E-state index in [4.69, 9.17) is 4.74 Å². The highest BCUT2D eigenvalue weighted by Crippen LogP contribution is 2.21. The van der Waals surface area contributed by atoms with E-state index in [1.54, 1.807) is 12.1 Å². The number of Topliss-reactive ketones (excluding diaryl/α,β-unsaturated/α-hetero) is 1. The fourth-order valence-corrected chi connectivity index (χ4v) is 2.04. The van der Waals surface area contributed by atoms with Crippen LogP contribution in [0.3, 0.4) is 0 Å². The van der Waals surface area contributed by atoms with Crippen LogP contribution in [0.2, 0.25) is 0 Å². The van der Waals surface area contributed by atoms with Gasteiger partial charge in [-0.25, -0.2) is 0 Å². The molecule has 0 aliphatic carbocycles. The number of ketones is 1. The molecule has 0 heterocycles. The molecule has 2 rings (SSSR count).